The van der Waals surface area contributed by atoms with Crippen LogP contribution in [0, 0.1) is 11.7 Å². The number of hydrogen-bond acceptors (Lipinski definition) is 7. The average Bonchev–Trinajstić information content (AvgIpc) is 2.79. The van der Waals surface area contributed by atoms with E-state index in [-0.39, 0.29) is 24.4 Å². The average molecular weight is 416 g/mol. The molecule has 2 aliphatic heterocycles. The minimum atomic E-state index is -0.273. The molecule has 7 nitrogen and oxygen atoms in total. The number of nitrogens with one attached hydrogen (secondary N) is 1. The van der Waals surface area contributed by atoms with Crippen LogP contribution in [-0.2, 0) is 6.54 Å². The Balaban J connectivity index is 1.37. The van der Waals surface area contributed by atoms with Gasteiger partial charge in [0.25, 0.3) is 0 Å². The number of aromatic nitrogens is 2. The minimum Gasteiger partial charge on any atom is -0.396 e. The van der Waals surface area contributed by atoms with Crippen LogP contribution in [0.4, 0.5) is 21.7 Å². The topological polar surface area (TPSA) is 84.8 Å². The molecule has 1 aromatic carbocycles. The van der Waals surface area contributed by atoms with Crippen molar-refractivity contribution in [3.63, 3.8) is 0 Å². The maximum absolute atomic E-state index is 14.7. The van der Waals surface area contributed by atoms with Crippen molar-refractivity contribution in [2.45, 2.75) is 38.3 Å². The van der Waals surface area contributed by atoms with Crippen molar-refractivity contribution < 1.29 is 14.6 Å². The summed E-state index contributed by atoms with van der Waals surface area (Å²) in [5, 5.41) is 22.3. The lowest BCUT2D eigenvalue weighted by atomic mass is 9.99. The number of piperidine rings is 2. The zero-order chi connectivity index (χ0) is 20.9. The second kappa shape index (κ2) is 9.57. The highest BCUT2D eigenvalue weighted by atomic mass is 19.1. The van der Waals surface area contributed by atoms with E-state index in [9.17, 15) is 14.6 Å². The largest absolute Gasteiger partial charge is 0.396 e. The Hall–Kier alpha value is -2.45. The Morgan fingerprint density at radius 1 is 1.07 bits per heavy atom. The Labute approximate surface area is 176 Å². The smallest absolute Gasteiger partial charge is 0.146 e. The van der Waals surface area contributed by atoms with Crippen molar-refractivity contribution in [1.82, 2.24) is 9.97 Å². The maximum Gasteiger partial charge on any atom is 0.146 e. The molecule has 3 N–H and O–H groups in total. The SMILES string of the molecule is OCC1CCCN(c2cc(NCc3ccc(N4CCC(O)CC4)c(F)c3)ncn2)C1. The second-order valence-corrected chi connectivity index (χ2v) is 8.26. The van der Waals surface area contributed by atoms with Crippen molar-refractivity contribution in [3.8, 4) is 0 Å². The minimum absolute atomic E-state index is 0.201. The molecule has 3 heterocycles. The summed E-state index contributed by atoms with van der Waals surface area (Å²) in [7, 11) is 0. The lowest BCUT2D eigenvalue weighted by Gasteiger charge is -2.32. The molecule has 4 rings (SSSR count). The Morgan fingerprint density at radius 2 is 1.90 bits per heavy atom. The summed E-state index contributed by atoms with van der Waals surface area (Å²) in [5.74, 6) is 1.59. The zero-order valence-corrected chi connectivity index (χ0v) is 17.2. The Bertz CT molecular complexity index is 844. The van der Waals surface area contributed by atoms with Gasteiger partial charge in [-0.05, 0) is 49.3 Å². The summed E-state index contributed by atoms with van der Waals surface area (Å²) >= 11 is 0. The fraction of sp³-hybridized carbons (Fsp3) is 0.545. The van der Waals surface area contributed by atoms with Crippen LogP contribution in [0.25, 0.3) is 0 Å². The van der Waals surface area contributed by atoms with E-state index < -0.39 is 0 Å². The van der Waals surface area contributed by atoms with Crippen molar-refractivity contribution in [3.05, 3.63) is 42.0 Å². The van der Waals surface area contributed by atoms with Crippen LogP contribution in [0.5, 0.6) is 0 Å². The molecule has 2 saturated heterocycles. The number of halogens is 1. The van der Waals surface area contributed by atoms with Crippen LogP contribution in [0.3, 0.4) is 0 Å². The number of nitrogens with zero attached hydrogens (tertiary/aromatic N) is 4. The number of aliphatic hydroxyl groups excluding tert-OH is 2. The van der Waals surface area contributed by atoms with Gasteiger partial charge in [0.15, 0.2) is 0 Å². The molecule has 162 valence electrons. The molecule has 0 radical (unpaired) electrons. The van der Waals surface area contributed by atoms with Gasteiger partial charge in [-0.25, -0.2) is 14.4 Å². The fourth-order valence-corrected chi connectivity index (χ4v) is 4.26. The third-order valence-electron chi connectivity index (χ3n) is 6.04. The van der Waals surface area contributed by atoms with E-state index >= 15 is 0 Å². The molecule has 0 bridgehead atoms. The first kappa shape index (κ1) is 20.8. The molecule has 1 atom stereocenters. The van der Waals surface area contributed by atoms with Gasteiger partial charge in [0.2, 0.25) is 0 Å². The van der Waals surface area contributed by atoms with E-state index in [4.69, 9.17) is 0 Å². The first-order valence-corrected chi connectivity index (χ1v) is 10.8. The van der Waals surface area contributed by atoms with E-state index in [1.807, 2.05) is 23.1 Å². The number of rotatable bonds is 6. The van der Waals surface area contributed by atoms with Crippen LogP contribution >= 0.6 is 0 Å². The highest BCUT2D eigenvalue weighted by Gasteiger charge is 2.21. The molecule has 1 aromatic heterocycles. The van der Waals surface area contributed by atoms with Gasteiger partial charge in [0.1, 0.15) is 23.8 Å². The molecule has 0 saturated carbocycles. The molecule has 8 heteroatoms. The predicted octanol–water partition coefficient (Wildman–Crippen LogP) is 2.40. The van der Waals surface area contributed by atoms with Gasteiger partial charge >= 0.3 is 0 Å². The van der Waals surface area contributed by atoms with Gasteiger partial charge in [-0.1, -0.05) is 6.07 Å². The van der Waals surface area contributed by atoms with Gasteiger partial charge < -0.3 is 25.3 Å². The molecular weight excluding hydrogens is 385 g/mol. The third-order valence-corrected chi connectivity index (χ3v) is 6.04. The molecule has 2 aliphatic rings. The number of benzene rings is 1. The standard InChI is InChI=1S/C22H30FN5O2/c23-19-10-16(3-4-20(19)27-8-5-18(30)6-9-27)12-24-21-11-22(26-15-25-21)28-7-1-2-17(13-28)14-29/h3-4,10-11,15,17-18,29-30H,1-2,5-9,12-14H2,(H,24,25,26). The van der Waals surface area contributed by atoms with Crippen LogP contribution in [0.1, 0.15) is 31.2 Å². The maximum atomic E-state index is 14.7. The van der Waals surface area contributed by atoms with Crippen LogP contribution in [0.2, 0.25) is 0 Å². The first-order chi connectivity index (χ1) is 14.6. The number of anilines is 3. The van der Waals surface area contributed by atoms with Crippen molar-refractivity contribution in [2.24, 2.45) is 5.92 Å². The molecule has 0 spiro atoms. The normalized spacial score (nSPS) is 20.4. The molecule has 2 aromatic rings. The van der Waals surface area contributed by atoms with E-state index in [0.29, 0.717) is 44.0 Å². The lowest BCUT2D eigenvalue weighted by Crippen LogP contribution is -2.37. The molecule has 30 heavy (non-hydrogen) atoms. The van der Waals surface area contributed by atoms with Crippen molar-refractivity contribution >= 4 is 17.3 Å². The number of hydrogen-bond donors (Lipinski definition) is 3. The van der Waals surface area contributed by atoms with Gasteiger partial charge in [0, 0.05) is 45.4 Å². The second-order valence-electron chi connectivity index (χ2n) is 8.26. The molecule has 2 fully saturated rings. The Morgan fingerprint density at radius 3 is 2.67 bits per heavy atom. The van der Waals surface area contributed by atoms with Gasteiger partial charge in [-0.2, -0.15) is 0 Å². The summed E-state index contributed by atoms with van der Waals surface area (Å²) in [4.78, 5) is 12.8. The van der Waals surface area contributed by atoms with Crippen molar-refractivity contribution in [2.75, 3.05) is 47.9 Å². The summed E-state index contributed by atoms with van der Waals surface area (Å²) in [6.07, 6.45) is 4.70. The monoisotopic (exact) mass is 415 g/mol. The van der Waals surface area contributed by atoms with E-state index in [1.165, 1.54) is 6.33 Å². The molecule has 1 unspecified atom stereocenters. The van der Waals surface area contributed by atoms with Crippen LogP contribution in [0.15, 0.2) is 30.6 Å². The summed E-state index contributed by atoms with van der Waals surface area (Å²) in [6.45, 7) is 3.73. The van der Waals surface area contributed by atoms with Crippen LogP contribution in [-0.4, -0.2) is 59.1 Å². The molecule has 0 amide bonds. The summed E-state index contributed by atoms with van der Waals surface area (Å²) < 4.78 is 14.7. The van der Waals surface area contributed by atoms with E-state index in [1.54, 1.807) is 6.07 Å². The molecule has 0 aliphatic carbocycles. The van der Waals surface area contributed by atoms with Crippen molar-refractivity contribution in [1.29, 1.82) is 0 Å². The van der Waals surface area contributed by atoms with Gasteiger partial charge in [-0.15, -0.1) is 0 Å². The summed E-state index contributed by atoms with van der Waals surface area (Å²) in [6, 6.07) is 7.21. The highest BCUT2D eigenvalue weighted by molar-refractivity contribution is 5.51. The zero-order valence-electron chi connectivity index (χ0n) is 17.2. The summed E-state index contributed by atoms with van der Waals surface area (Å²) in [5.41, 5.74) is 1.44. The lowest BCUT2D eigenvalue weighted by molar-refractivity contribution is 0.145. The first-order valence-electron chi connectivity index (χ1n) is 10.8. The fourth-order valence-electron chi connectivity index (χ4n) is 4.26. The van der Waals surface area contributed by atoms with Gasteiger partial charge in [0.05, 0.1) is 11.8 Å². The highest BCUT2D eigenvalue weighted by Crippen LogP contribution is 2.25. The quantitative estimate of drug-likeness (QED) is 0.668. The number of aliphatic hydroxyl groups is 2. The van der Waals surface area contributed by atoms with Gasteiger partial charge in [-0.3, -0.25) is 0 Å². The van der Waals surface area contributed by atoms with E-state index in [2.05, 4.69) is 20.2 Å². The molecular formula is C22H30FN5O2. The Kier molecular flexibility index (Phi) is 6.64. The third kappa shape index (κ3) is 4.99. The van der Waals surface area contributed by atoms with E-state index in [0.717, 1.165) is 37.3 Å². The van der Waals surface area contributed by atoms with Crippen LogP contribution < -0.4 is 15.1 Å². The predicted molar refractivity (Wildman–Crippen MR) is 115 cm³/mol.